The molecular weight excluding hydrogens is 334 g/mol. The summed E-state index contributed by atoms with van der Waals surface area (Å²) in [6.45, 7) is 7.64. The fourth-order valence-electron chi connectivity index (χ4n) is 3.22. The molecule has 0 aromatic heterocycles. The van der Waals surface area contributed by atoms with Crippen LogP contribution in [0.1, 0.15) is 38.8 Å². The van der Waals surface area contributed by atoms with Crippen molar-refractivity contribution in [1.29, 1.82) is 0 Å². The highest BCUT2D eigenvalue weighted by molar-refractivity contribution is 5.68. The molecule has 2 atom stereocenters. The predicted molar refractivity (Wildman–Crippen MR) is 101 cm³/mol. The molecule has 0 spiro atoms. The first-order valence-corrected chi connectivity index (χ1v) is 8.93. The van der Waals surface area contributed by atoms with Crippen LogP contribution < -0.4 is 20.5 Å². The minimum Gasteiger partial charge on any atom is -0.493 e. The zero-order valence-electron chi connectivity index (χ0n) is 16.4. The topological polar surface area (TPSA) is 86.1 Å². The molecule has 1 aromatic carbocycles. The Bertz CT molecular complexity index is 615. The molecule has 1 saturated heterocycles. The SMILES string of the molecule is COc1ccc([C@H](CN)N2CC[C@H](NC(=O)OC(C)(C)C)C2)cc1OC. The number of ether oxygens (including phenoxy) is 3. The van der Waals surface area contributed by atoms with Crippen LogP contribution in [-0.2, 0) is 4.74 Å². The Morgan fingerprint density at radius 2 is 2.00 bits per heavy atom. The maximum Gasteiger partial charge on any atom is 0.407 e. The molecule has 26 heavy (non-hydrogen) atoms. The van der Waals surface area contributed by atoms with Gasteiger partial charge in [0.25, 0.3) is 0 Å². The zero-order chi connectivity index (χ0) is 19.3. The highest BCUT2D eigenvalue weighted by Crippen LogP contribution is 2.32. The molecule has 1 amide bonds. The minimum atomic E-state index is -0.498. The average molecular weight is 365 g/mol. The number of carbonyl (C=O) groups is 1. The molecule has 0 aliphatic carbocycles. The molecule has 1 aromatic rings. The van der Waals surface area contributed by atoms with E-state index in [1.807, 2.05) is 39.0 Å². The van der Waals surface area contributed by atoms with E-state index in [9.17, 15) is 4.79 Å². The summed E-state index contributed by atoms with van der Waals surface area (Å²) in [4.78, 5) is 14.3. The third-order valence-corrected chi connectivity index (χ3v) is 4.40. The van der Waals surface area contributed by atoms with Crippen molar-refractivity contribution in [3.05, 3.63) is 23.8 Å². The number of methoxy groups -OCH3 is 2. The van der Waals surface area contributed by atoms with E-state index in [4.69, 9.17) is 19.9 Å². The van der Waals surface area contributed by atoms with Crippen LogP contribution in [0.2, 0.25) is 0 Å². The third-order valence-electron chi connectivity index (χ3n) is 4.40. The molecule has 1 fully saturated rings. The van der Waals surface area contributed by atoms with E-state index >= 15 is 0 Å². The largest absolute Gasteiger partial charge is 0.493 e. The van der Waals surface area contributed by atoms with Crippen molar-refractivity contribution in [3.8, 4) is 11.5 Å². The Morgan fingerprint density at radius 1 is 1.31 bits per heavy atom. The van der Waals surface area contributed by atoms with Crippen LogP contribution in [0.25, 0.3) is 0 Å². The average Bonchev–Trinajstić information content (AvgIpc) is 3.01. The molecule has 3 N–H and O–H groups in total. The number of likely N-dealkylation sites (tertiary alicyclic amines) is 1. The number of nitrogens with two attached hydrogens (primary N) is 1. The molecule has 0 unspecified atom stereocenters. The van der Waals surface area contributed by atoms with Crippen LogP contribution in [0.3, 0.4) is 0 Å². The van der Waals surface area contributed by atoms with E-state index in [2.05, 4.69) is 10.2 Å². The van der Waals surface area contributed by atoms with Crippen molar-refractivity contribution < 1.29 is 19.0 Å². The number of carbonyl (C=O) groups excluding carboxylic acids is 1. The van der Waals surface area contributed by atoms with Crippen LogP contribution in [0, 0.1) is 0 Å². The summed E-state index contributed by atoms with van der Waals surface area (Å²) in [6.07, 6.45) is 0.489. The number of nitrogens with zero attached hydrogens (tertiary/aromatic N) is 1. The molecule has 1 heterocycles. The summed E-state index contributed by atoms with van der Waals surface area (Å²) >= 11 is 0. The smallest absolute Gasteiger partial charge is 0.407 e. The highest BCUT2D eigenvalue weighted by atomic mass is 16.6. The molecule has 0 radical (unpaired) electrons. The van der Waals surface area contributed by atoms with Gasteiger partial charge in [0.05, 0.1) is 14.2 Å². The molecule has 146 valence electrons. The van der Waals surface area contributed by atoms with Gasteiger partial charge in [0.15, 0.2) is 11.5 Å². The Hall–Kier alpha value is -1.99. The number of rotatable bonds is 6. The predicted octanol–water partition coefficient (Wildman–Crippen LogP) is 2.30. The summed E-state index contributed by atoms with van der Waals surface area (Å²) in [6, 6.07) is 5.97. The van der Waals surface area contributed by atoms with Crippen molar-refractivity contribution in [2.45, 2.75) is 44.9 Å². The maximum atomic E-state index is 12.0. The Morgan fingerprint density at radius 3 is 2.58 bits per heavy atom. The monoisotopic (exact) mass is 365 g/mol. The molecule has 7 nitrogen and oxygen atoms in total. The lowest BCUT2D eigenvalue weighted by Crippen LogP contribution is -2.41. The zero-order valence-corrected chi connectivity index (χ0v) is 16.4. The fourth-order valence-corrected chi connectivity index (χ4v) is 3.22. The molecule has 1 aliphatic rings. The lowest BCUT2D eigenvalue weighted by Gasteiger charge is -2.28. The summed E-state index contributed by atoms with van der Waals surface area (Å²) in [5.41, 5.74) is 6.62. The maximum absolute atomic E-state index is 12.0. The molecule has 1 aliphatic heterocycles. The van der Waals surface area contributed by atoms with Gasteiger partial charge in [0.1, 0.15) is 5.60 Å². The Labute approximate surface area is 155 Å². The van der Waals surface area contributed by atoms with Crippen molar-refractivity contribution >= 4 is 6.09 Å². The van der Waals surface area contributed by atoms with Crippen LogP contribution in [-0.4, -0.2) is 56.5 Å². The summed E-state index contributed by atoms with van der Waals surface area (Å²) in [5.74, 6) is 1.38. The number of hydrogen-bond donors (Lipinski definition) is 2. The van der Waals surface area contributed by atoms with Crippen molar-refractivity contribution in [3.63, 3.8) is 0 Å². The van der Waals surface area contributed by atoms with Crippen LogP contribution in [0.5, 0.6) is 11.5 Å². The van der Waals surface area contributed by atoms with Crippen LogP contribution in [0.15, 0.2) is 18.2 Å². The van der Waals surface area contributed by atoms with Crippen LogP contribution in [0.4, 0.5) is 4.79 Å². The lowest BCUT2D eigenvalue weighted by molar-refractivity contribution is 0.0504. The van der Waals surface area contributed by atoms with E-state index in [0.29, 0.717) is 18.0 Å². The number of nitrogens with one attached hydrogen (secondary N) is 1. The third kappa shape index (κ3) is 5.25. The quantitative estimate of drug-likeness (QED) is 0.804. The van der Waals surface area contributed by atoms with Gasteiger partial charge in [-0.1, -0.05) is 6.07 Å². The van der Waals surface area contributed by atoms with E-state index < -0.39 is 5.60 Å². The molecule has 2 rings (SSSR count). The summed E-state index contributed by atoms with van der Waals surface area (Å²) in [7, 11) is 3.24. The van der Waals surface area contributed by atoms with Gasteiger partial charge < -0.3 is 25.3 Å². The Kier molecular flexibility index (Phi) is 6.72. The first-order chi connectivity index (χ1) is 12.3. The van der Waals surface area contributed by atoms with Crippen LogP contribution >= 0.6 is 0 Å². The van der Waals surface area contributed by atoms with Gasteiger partial charge in [-0.3, -0.25) is 4.90 Å². The second-order valence-corrected chi connectivity index (χ2v) is 7.49. The van der Waals surface area contributed by atoms with E-state index in [1.165, 1.54) is 0 Å². The fraction of sp³-hybridized carbons (Fsp3) is 0.632. The lowest BCUT2D eigenvalue weighted by atomic mass is 10.0. The Balaban J connectivity index is 2.02. The van der Waals surface area contributed by atoms with Gasteiger partial charge in [0.2, 0.25) is 0 Å². The number of benzene rings is 1. The normalized spacial score (nSPS) is 19.1. The van der Waals surface area contributed by atoms with Gasteiger partial charge in [0, 0.05) is 31.7 Å². The second kappa shape index (κ2) is 8.60. The van der Waals surface area contributed by atoms with Gasteiger partial charge in [-0.25, -0.2) is 4.79 Å². The van der Waals surface area contributed by atoms with Crippen molar-refractivity contribution in [2.24, 2.45) is 5.73 Å². The van der Waals surface area contributed by atoms with Gasteiger partial charge in [-0.05, 0) is 44.9 Å². The highest BCUT2D eigenvalue weighted by Gasteiger charge is 2.30. The van der Waals surface area contributed by atoms with Gasteiger partial charge in [-0.15, -0.1) is 0 Å². The second-order valence-electron chi connectivity index (χ2n) is 7.49. The van der Waals surface area contributed by atoms with Crippen molar-refractivity contribution in [2.75, 3.05) is 33.9 Å². The van der Waals surface area contributed by atoms with Gasteiger partial charge in [-0.2, -0.15) is 0 Å². The number of amides is 1. The van der Waals surface area contributed by atoms with E-state index in [1.54, 1.807) is 14.2 Å². The molecule has 0 bridgehead atoms. The molecule has 0 saturated carbocycles. The number of alkyl carbamates (subject to hydrolysis) is 1. The first kappa shape index (κ1) is 20.3. The van der Waals surface area contributed by atoms with Gasteiger partial charge >= 0.3 is 6.09 Å². The standard InChI is InChI=1S/C19H31N3O4/c1-19(2,3)26-18(23)21-14-8-9-22(12-14)15(11-20)13-6-7-16(24-4)17(10-13)25-5/h6-7,10,14-15H,8-9,11-12,20H2,1-5H3,(H,21,23)/t14-,15-/m0/s1. The molecule has 7 heteroatoms. The first-order valence-electron chi connectivity index (χ1n) is 8.93. The summed E-state index contributed by atoms with van der Waals surface area (Å²) < 4.78 is 16.0. The molecular formula is C19H31N3O4. The van der Waals surface area contributed by atoms with E-state index in [-0.39, 0.29) is 18.2 Å². The van der Waals surface area contributed by atoms with Crippen molar-refractivity contribution in [1.82, 2.24) is 10.2 Å². The number of hydrogen-bond acceptors (Lipinski definition) is 6. The summed E-state index contributed by atoms with van der Waals surface area (Å²) in [5, 5.41) is 2.95. The van der Waals surface area contributed by atoms with E-state index in [0.717, 1.165) is 25.1 Å². The minimum absolute atomic E-state index is 0.0547.